The fourth-order valence-electron chi connectivity index (χ4n) is 3.64. The highest BCUT2D eigenvalue weighted by atomic mass is 35.5. The molecule has 7 nitrogen and oxygen atoms in total. The molecule has 0 N–H and O–H groups in total. The number of halogens is 4. The zero-order chi connectivity index (χ0) is 24.1. The van der Waals surface area contributed by atoms with E-state index in [-0.39, 0.29) is 33.4 Å². The summed E-state index contributed by atoms with van der Waals surface area (Å²) >= 11 is 6.04. The Balaban J connectivity index is 1.58. The number of amides is 2. The third-order valence-corrected chi connectivity index (χ3v) is 5.49. The Hall–Kier alpha value is -3.40. The molecule has 4 rings (SSSR count). The standard InChI is InChI=1S/C22H17ClF3N3O4/c1-11(2)18-16(28-8-12(22(24,25)26)7-15(23)19(28)27-18)10-33-17(30)9-29-20(31)13-5-3-4-6-14(13)21(29)32/h3-8,11H,9-10H2,1-2H3. The monoisotopic (exact) mass is 479 g/mol. The summed E-state index contributed by atoms with van der Waals surface area (Å²) in [5.41, 5.74) is 0.113. The summed E-state index contributed by atoms with van der Waals surface area (Å²) in [6, 6.07) is 6.95. The van der Waals surface area contributed by atoms with Crippen LogP contribution in [0.3, 0.4) is 0 Å². The van der Waals surface area contributed by atoms with E-state index in [1.54, 1.807) is 26.0 Å². The molecule has 172 valence electrons. The first kappa shape index (κ1) is 22.8. The van der Waals surface area contributed by atoms with E-state index in [4.69, 9.17) is 16.3 Å². The van der Waals surface area contributed by atoms with Crippen molar-refractivity contribution in [1.82, 2.24) is 14.3 Å². The molecule has 0 bridgehead atoms. The Morgan fingerprint density at radius 3 is 2.30 bits per heavy atom. The van der Waals surface area contributed by atoms with Crippen molar-refractivity contribution in [3.05, 3.63) is 69.6 Å². The number of hydrogen-bond donors (Lipinski definition) is 0. The van der Waals surface area contributed by atoms with Crippen LogP contribution in [0.2, 0.25) is 5.02 Å². The van der Waals surface area contributed by atoms with Crippen LogP contribution < -0.4 is 0 Å². The molecule has 1 aliphatic rings. The highest BCUT2D eigenvalue weighted by molar-refractivity contribution is 6.33. The number of pyridine rings is 1. The van der Waals surface area contributed by atoms with Crippen LogP contribution in [0.4, 0.5) is 13.2 Å². The van der Waals surface area contributed by atoms with Crippen molar-refractivity contribution < 1.29 is 32.3 Å². The highest BCUT2D eigenvalue weighted by Crippen LogP contribution is 2.34. The number of aromatic nitrogens is 2. The molecule has 0 fully saturated rings. The summed E-state index contributed by atoms with van der Waals surface area (Å²) in [4.78, 5) is 42.4. The minimum Gasteiger partial charge on any atom is -0.458 e. The first-order chi connectivity index (χ1) is 15.5. The molecule has 0 spiro atoms. The first-order valence-electron chi connectivity index (χ1n) is 9.87. The van der Waals surface area contributed by atoms with Crippen molar-refractivity contribution in [2.24, 2.45) is 0 Å². The lowest BCUT2D eigenvalue weighted by Gasteiger charge is -2.14. The zero-order valence-corrected chi connectivity index (χ0v) is 18.2. The Bertz CT molecular complexity index is 1270. The molecule has 1 aliphatic heterocycles. The Labute approximate surface area is 190 Å². The number of carbonyl (C=O) groups excluding carboxylic acids is 3. The van der Waals surface area contributed by atoms with Crippen LogP contribution in [0.15, 0.2) is 36.5 Å². The number of carbonyl (C=O) groups is 3. The third kappa shape index (κ3) is 4.06. The molecule has 1 aromatic carbocycles. The third-order valence-electron chi connectivity index (χ3n) is 5.21. The van der Waals surface area contributed by atoms with Gasteiger partial charge in [-0.05, 0) is 24.1 Å². The fraction of sp³-hybridized carbons (Fsp3) is 0.273. The van der Waals surface area contributed by atoms with E-state index in [0.717, 1.165) is 21.6 Å². The molecular weight excluding hydrogens is 463 g/mol. The molecule has 33 heavy (non-hydrogen) atoms. The molecule has 3 heterocycles. The Morgan fingerprint density at radius 1 is 1.15 bits per heavy atom. The van der Waals surface area contributed by atoms with Crippen LogP contribution in [-0.2, 0) is 22.3 Å². The summed E-state index contributed by atoms with van der Waals surface area (Å²) in [5, 5.41) is -0.199. The maximum absolute atomic E-state index is 13.3. The number of nitrogens with zero attached hydrogens (tertiary/aromatic N) is 3. The highest BCUT2D eigenvalue weighted by Gasteiger charge is 2.37. The lowest BCUT2D eigenvalue weighted by molar-refractivity contribution is -0.145. The van der Waals surface area contributed by atoms with Gasteiger partial charge in [0.25, 0.3) is 11.8 Å². The molecule has 0 aliphatic carbocycles. The fourth-order valence-corrected chi connectivity index (χ4v) is 3.89. The quantitative estimate of drug-likeness (QED) is 0.398. The molecule has 0 radical (unpaired) electrons. The molecule has 0 saturated heterocycles. The molecule has 2 aromatic heterocycles. The number of benzene rings is 1. The minimum absolute atomic E-state index is 0.0970. The molecular formula is C22H17ClF3N3O4. The van der Waals surface area contributed by atoms with Crippen molar-refractivity contribution in [2.45, 2.75) is 32.5 Å². The van der Waals surface area contributed by atoms with Gasteiger partial charge in [-0.3, -0.25) is 23.7 Å². The average Bonchev–Trinajstić information content (AvgIpc) is 3.24. The topological polar surface area (TPSA) is 81.0 Å². The minimum atomic E-state index is -4.64. The molecule has 0 unspecified atom stereocenters. The second-order valence-electron chi connectivity index (χ2n) is 7.77. The summed E-state index contributed by atoms with van der Waals surface area (Å²) in [7, 11) is 0. The normalized spacial score (nSPS) is 13.8. The molecule has 3 aromatic rings. The van der Waals surface area contributed by atoms with E-state index in [9.17, 15) is 27.6 Å². The second kappa shape index (κ2) is 8.18. The number of hydrogen-bond acceptors (Lipinski definition) is 5. The predicted molar refractivity (Wildman–Crippen MR) is 111 cm³/mol. The van der Waals surface area contributed by atoms with E-state index in [1.807, 2.05) is 0 Å². The van der Waals surface area contributed by atoms with Gasteiger partial charge in [0.1, 0.15) is 13.2 Å². The van der Waals surface area contributed by atoms with Crippen molar-refractivity contribution in [1.29, 1.82) is 0 Å². The lowest BCUT2D eigenvalue weighted by Crippen LogP contribution is -2.35. The smallest absolute Gasteiger partial charge is 0.417 e. The van der Waals surface area contributed by atoms with Crippen molar-refractivity contribution in [2.75, 3.05) is 6.54 Å². The number of imidazole rings is 1. The summed E-state index contributed by atoms with van der Waals surface area (Å²) < 4.78 is 46.2. The maximum Gasteiger partial charge on any atom is 0.417 e. The van der Waals surface area contributed by atoms with Crippen molar-refractivity contribution >= 4 is 35.0 Å². The zero-order valence-electron chi connectivity index (χ0n) is 17.4. The molecule has 11 heteroatoms. The Kier molecular flexibility index (Phi) is 5.65. The van der Waals surface area contributed by atoms with Gasteiger partial charge in [0, 0.05) is 6.20 Å². The van der Waals surface area contributed by atoms with E-state index in [0.29, 0.717) is 5.69 Å². The Morgan fingerprint density at radius 2 is 1.76 bits per heavy atom. The van der Waals surface area contributed by atoms with Gasteiger partial charge in [0.05, 0.1) is 33.1 Å². The number of fused-ring (bicyclic) bond motifs is 2. The van der Waals surface area contributed by atoms with Crippen LogP contribution in [0, 0.1) is 0 Å². The van der Waals surface area contributed by atoms with Crippen LogP contribution >= 0.6 is 11.6 Å². The summed E-state index contributed by atoms with van der Waals surface area (Å²) in [5.74, 6) is -2.34. The van der Waals surface area contributed by atoms with E-state index >= 15 is 0 Å². The van der Waals surface area contributed by atoms with Crippen LogP contribution in [0.5, 0.6) is 0 Å². The average molecular weight is 480 g/mol. The van der Waals surface area contributed by atoms with Crippen LogP contribution in [-0.4, -0.2) is 38.6 Å². The largest absolute Gasteiger partial charge is 0.458 e. The molecule has 0 saturated carbocycles. The van der Waals surface area contributed by atoms with Gasteiger partial charge in [-0.25, -0.2) is 4.98 Å². The van der Waals surface area contributed by atoms with E-state index < -0.39 is 42.7 Å². The van der Waals surface area contributed by atoms with Gasteiger partial charge >= 0.3 is 12.1 Å². The van der Waals surface area contributed by atoms with E-state index in [2.05, 4.69) is 4.98 Å². The number of imide groups is 1. The van der Waals surface area contributed by atoms with Gasteiger partial charge in [0.15, 0.2) is 5.65 Å². The summed E-state index contributed by atoms with van der Waals surface area (Å²) in [6.07, 6.45) is -3.80. The number of ether oxygens (including phenoxy) is 1. The number of rotatable bonds is 5. The van der Waals surface area contributed by atoms with Crippen LogP contribution in [0.1, 0.15) is 57.4 Å². The van der Waals surface area contributed by atoms with E-state index in [1.165, 1.54) is 12.1 Å². The number of alkyl halides is 3. The maximum atomic E-state index is 13.3. The lowest BCUT2D eigenvalue weighted by atomic mass is 10.1. The van der Waals surface area contributed by atoms with Gasteiger partial charge in [-0.15, -0.1) is 0 Å². The first-order valence-corrected chi connectivity index (χ1v) is 10.2. The summed E-state index contributed by atoms with van der Waals surface area (Å²) in [6.45, 7) is 2.51. The number of esters is 1. The SMILES string of the molecule is CC(C)c1nc2c(Cl)cc(C(F)(F)F)cn2c1COC(=O)CN1C(=O)c2ccccc2C1=O. The van der Waals surface area contributed by atoms with Gasteiger partial charge in [0.2, 0.25) is 0 Å². The van der Waals surface area contributed by atoms with Crippen LogP contribution in [0.25, 0.3) is 5.65 Å². The van der Waals surface area contributed by atoms with Crippen molar-refractivity contribution in [3.8, 4) is 0 Å². The van der Waals surface area contributed by atoms with Gasteiger partial charge in [-0.2, -0.15) is 13.2 Å². The molecule has 2 amide bonds. The molecule has 0 atom stereocenters. The van der Waals surface area contributed by atoms with Crippen molar-refractivity contribution in [3.63, 3.8) is 0 Å². The predicted octanol–water partition coefficient (Wildman–Crippen LogP) is 4.47. The van der Waals surface area contributed by atoms with Gasteiger partial charge < -0.3 is 4.74 Å². The van der Waals surface area contributed by atoms with Gasteiger partial charge in [-0.1, -0.05) is 37.6 Å². The second-order valence-corrected chi connectivity index (χ2v) is 8.18.